The van der Waals surface area contributed by atoms with Crippen molar-refractivity contribution in [3.8, 4) is 0 Å². The van der Waals surface area contributed by atoms with Crippen LogP contribution in [0.2, 0.25) is 0 Å². The van der Waals surface area contributed by atoms with Gasteiger partial charge in [-0.25, -0.2) is 0 Å². The molecule has 0 heterocycles. The minimum absolute atomic E-state index is 0.0577. The number of ether oxygens (including phenoxy) is 1. The molecule has 0 saturated heterocycles. The van der Waals surface area contributed by atoms with Crippen molar-refractivity contribution in [2.24, 2.45) is 0 Å². The maximum Gasteiger partial charge on any atom is 0.309 e. The molecule has 0 saturated carbocycles. The quantitative estimate of drug-likeness (QED) is 0.157. The van der Waals surface area contributed by atoms with E-state index in [9.17, 15) is 4.79 Å². The van der Waals surface area contributed by atoms with Gasteiger partial charge in [0.2, 0.25) is 0 Å². The molecule has 24 heavy (non-hydrogen) atoms. The molecule has 0 spiro atoms. The summed E-state index contributed by atoms with van der Waals surface area (Å²) < 4.78 is 5.12. The van der Waals surface area contributed by atoms with Gasteiger partial charge in [0.05, 0.1) is 13.0 Å². The molecule has 0 rings (SSSR count). The van der Waals surface area contributed by atoms with Gasteiger partial charge in [-0.2, -0.15) is 0 Å². The summed E-state index contributed by atoms with van der Waals surface area (Å²) in [6.07, 6.45) is 20.8. The highest BCUT2D eigenvalue weighted by Gasteiger charge is 2.06. The van der Waals surface area contributed by atoms with E-state index in [-0.39, 0.29) is 5.97 Å². The molecular formula is C22H42O2. The number of hydrogen-bond donors (Lipinski definition) is 0. The lowest BCUT2D eigenvalue weighted by Crippen LogP contribution is -2.05. The molecule has 0 aromatic carbocycles. The lowest BCUT2D eigenvalue weighted by molar-refractivity contribution is -0.142. The van der Waals surface area contributed by atoms with E-state index in [1.807, 2.05) is 6.92 Å². The van der Waals surface area contributed by atoms with Crippen LogP contribution in [0.5, 0.6) is 0 Å². The molecule has 0 aliphatic rings. The summed E-state index contributed by atoms with van der Waals surface area (Å²) in [5.41, 5.74) is 1.30. The fourth-order valence-corrected chi connectivity index (χ4v) is 3.02. The number of esters is 1. The van der Waals surface area contributed by atoms with Gasteiger partial charge in [-0.3, -0.25) is 4.79 Å². The number of allylic oxidation sites excluding steroid dienone is 1. The standard InChI is InChI=1S/C22H42O2/c1-4-7-9-11-13-15-17-19-21(20-22(23)24-6-3)18-16-14-12-10-8-5-2/h19H,4-18,20H2,1-3H3/b21-19+. The Morgan fingerprint density at radius 2 is 1.29 bits per heavy atom. The molecule has 0 aromatic rings. The van der Waals surface area contributed by atoms with E-state index in [4.69, 9.17) is 4.74 Å². The Balaban J connectivity index is 4.02. The number of carbonyl (C=O) groups is 1. The summed E-state index contributed by atoms with van der Waals surface area (Å²) in [5.74, 6) is -0.0577. The maximum atomic E-state index is 11.8. The van der Waals surface area contributed by atoms with Crippen molar-refractivity contribution in [1.82, 2.24) is 0 Å². The van der Waals surface area contributed by atoms with E-state index < -0.39 is 0 Å². The van der Waals surface area contributed by atoms with E-state index in [1.165, 1.54) is 82.6 Å². The summed E-state index contributed by atoms with van der Waals surface area (Å²) in [4.78, 5) is 11.8. The normalized spacial score (nSPS) is 11.7. The second-order valence-corrected chi connectivity index (χ2v) is 6.92. The molecule has 0 amide bonds. The van der Waals surface area contributed by atoms with Gasteiger partial charge < -0.3 is 4.74 Å². The van der Waals surface area contributed by atoms with Gasteiger partial charge >= 0.3 is 5.97 Å². The zero-order valence-electron chi connectivity index (χ0n) is 16.7. The second-order valence-electron chi connectivity index (χ2n) is 6.92. The van der Waals surface area contributed by atoms with Crippen LogP contribution in [0.1, 0.15) is 117 Å². The number of unbranched alkanes of at least 4 members (excludes halogenated alkanes) is 11. The minimum atomic E-state index is -0.0577. The fraction of sp³-hybridized carbons (Fsp3) is 0.864. The van der Waals surface area contributed by atoms with Crippen molar-refractivity contribution in [2.75, 3.05) is 6.61 Å². The third-order valence-electron chi connectivity index (χ3n) is 4.52. The van der Waals surface area contributed by atoms with Crippen molar-refractivity contribution in [3.63, 3.8) is 0 Å². The number of hydrogen-bond acceptors (Lipinski definition) is 2. The Bertz CT molecular complexity index is 307. The first-order chi connectivity index (χ1) is 11.7. The Hall–Kier alpha value is -0.790. The van der Waals surface area contributed by atoms with Crippen molar-refractivity contribution < 1.29 is 9.53 Å². The van der Waals surface area contributed by atoms with Gasteiger partial charge in [-0.05, 0) is 32.6 Å². The first-order valence-electron chi connectivity index (χ1n) is 10.6. The summed E-state index contributed by atoms with van der Waals surface area (Å²) in [6.45, 7) is 6.88. The Kier molecular flexibility index (Phi) is 17.9. The van der Waals surface area contributed by atoms with Gasteiger partial charge in [0.15, 0.2) is 0 Å². The molecule has 0 fully saturated rings. The van der Waals surface area contributed by atoms with Crippen LogP contribution in [0.15, 0.2) is 11.6 Å². The van der Waals surface area contributed by atoms with Crippen LogP contribution in [-0.2, 0) is 9.53 Å². The molecule has 0 aliphatic heterocycles. The van der Waals surface area contributed by atoms with E-state index in [0.29, 0.717) is 13.0 Å². The third-order valence-corrected chi connectivity index (χ3v) is 4.52. The summed E-state index contributed by atoms with van der Waals surface area (Å²) >= 11 is 0. The summed E-state index contributed by atoms with van der Waals surface area (Å²) in [7, 11) is 0. The van der Waals surface area contributed by atoms with Crippen LogP contribution in [-0.4, -0.2) is 12.6 Å². The van der Waals surface area contributed by atoms with Crippen LogP contribution in [0.3, 0.4) is 0 Å². The Morgan fingerprint density at radius 3 is 1.88 bits per heavy atom. The topological polar surface area (TPSA) is 26.3 Å². The molecule has 0 bridgehead atoms. The van der Waals surface area contributed by atoms with Crippen molar-refractivity contribution >= 4 is 5.97 Å². The highest BCUT2D eigenvalue weighted by molar-refractivity contribution is 5.72. The van der Waals surface area contributed by atoms with Crippen molar-refractivity contribution in [1.29, 1.82) is 0 Å². The van der Waals surface area contributed by atoms with Crippen LogP contribution in [0, 0.1) is 0 Å². The Labute approximate surface area is 151 Å². The zero-order chi connectivity index (χ0) is 17.9. The van der Waals surface area contributed by atoms with Crippen LogP contribution in [0.4, 0.5) is 0 Å². The van der Waals surface area contributed by atoms with Crippen molar-refractivity contribution in [3.05, 3.63) is 11.6 Å². The Morgan fingerprint density at radius 1 is 0.750 bits per heavy atom. The monoisotopic (exact) mass is 338 g/mol. The minimum Gasteiger partial charge on any atom is -0.466 e. The van der Waals surface area contributed by atoms with E-state index in [2.05, 4.69) is 19.9 Å². The van der Waals surface area contributed by atoms with Gasteiger partial charge in [0, 0.05) is 0 Å². The highest BCUT2D eigenvalue weighted by Crippen LogP contribution is 2.17. The largest absolute Gasteiger partial charge is 0.466 e. The number of rotatable bonds is 17. The molecular weight excluding hydrogens is 296 g/mol. The molecule has 2 heteroatoms. The molecule has 0 unspecified atom stereocenters. The molecule has 0 aromatic heterocycles. The molecule has 0 aliphatic carbocycles. The second kappa shape index (κ2) is 18.5. The highest BCUT2D eigenvalue weighted by atomic mass is 16.5. The predicted octanol–water partition coefficient (Wildman–Crippen LogP) is 7.37. The van der Waals surface area contributed by atoms with Gasteiger partial charge in [-0.15, -0.1) is 0 Å². The molecule has 142 valence electrons. The average Bonchev–Trinajstić information content (AvgIpc) is 2.57. The molecule has 0 atom stereocenters. The van der Waals surface area contributed by atoms with Crippen LogP contribution >= 0.6 is 0 Å². The van der Waals surface area contributed by atoms with Gasteiger partial charge in [0.25, 0.3) is 0 Å². The summed E-state index contributed by atoms with van der Waals surface area (Å²) in [5, 5.41) is 0. The lowest BCUT2D eigenvalue weighted by atomic mass is 10.0. The lowest BCUT2D eigenvalue weighted by Gasteiger charge is -2.08. The first kappa shape index (κ1) is 23.2. The van der Waals surface area contributed by atoms with E-state index in [1.54, 1.807) is 0 Å². The third kappa shape index (κ3) is 16.1. The average molecular weight is 339 g/mol. The fourth-order valence-electron chi connectivity index (χ4n) is 3.02. The van der Waals surface area contributed by atoms with Crippen molar-refractivity contribution in [2.45, 2.75) is 117 Å². The summed E-state index contributed by atoms with van der Waals surface area (Å²) in [6, 6.07) is 0. The molecule has 0 radical (unpaired) electrons. The SMILES string of the molecule is CCCCCCCC/C=C(\CCCCCCCC)CC(=O)OCC. The van der Waals surface area contributed by atoms with Gasteiger partial charge in [0.1, 0.15) is 0 Å². The smallest absolute Gasteiger partial charge is 0.309 e. The number of carbonyl (C=O) groups excluding carboxylic acids is 1. The van der Waals surface area contributed by atoms with Crippen LogP contribution in [0.25, 0.3) is 0 Å². The van der Waals surface area contributed by atoms with E-state index >= 15 is 0 Å². The maximum absolute atomic E-state index is 11.8. The van der Waals surface area contributed by atoms with Gasteiger partial charge in [-0.1, -0.05) is 89.7 Å². The van der Waals surface area contributed by atoms with Crippen LogP contribution < -0.4 is 0 Å². The van der Waals surface area contributed by atoms with E-state index in [0.717, 1.165) is 12.8 Å². The predicted molar refractivity (Wildman–Crippen MR) is 105 cm³/mol. The molecule has 2 nitrogen and oxygen atoms in total. The zero-order valence-corrected chi connectivity index (χ0v) is 16.7. The molecule has 0 N–H and O–H groups in total. The first-order valence-corrected chi connectivity index (χ1v) is 10.6.